The first-order chi connectivity index (χ1) is 8.45. The van der Waals surface area contributed by atoms with Gasteiger partial charge >= 0.3 is 5.97 Å². The second-order valence-electron chi connectivity index (χ2n) is 7.33. The van der Waals surface area contributed by atoms with E-state index in [4.69, 9.17) is 0 Å². The van der Waals surface area contributed by atoms with E-state index in [9.17, 15) is 9.90 Å². The molecule has 0 aromatic heterocycles. The van der Waals surface area contributed by atoms with Gasteiger partial charge in [-0.05, 0) is 81.3 Å². The highest BCUT2D eigenvalue weighted by Crippen LogP contribution is 2.63. The van der Waals surface area contributed by atoms with Crippen LogP contribution in [0.4, 0.5) is 0 Å². The van der Waals surface area contributed by atoms with Gasteiger partial charge in [0, 0.05) is 0 Å². The van der Waals surface area contributed by atoms with Crippen LogP contribution in [-0.2, 0) is 4.79 Å². The smallest absolute Gasteiger partial charge is 0.319 e. The maximum Gasteiger partial charge on any atom is 0.319 e. The molecule has 4 bridgehead atoms. The van der Waals surface area contributed by atoms with Crippen LogP contribution in [0.25, 0.3) is 0 Å². The van der Waals surface area contributed by atoms with Gasteiger partial charge in [0.25, 0.3) is 0 Å². The summed E-state index contributed by atoms with van der Waals surface area (Å²) < 4.78 is -0.578. The highest BCUT2D eigenvalue weighted by Gasteiger charge is 2.54. The van der Waals surface area contributed by atoms with Crippen LogP contribution in [0.5, 0.6) is 0 Å². The van der Waals surface area contributed by atoms with E-state index in [2.05, 4.69) is 0 Å². The molecule has 1 N–H and O–H groups in total. The van der Waals surface area contributed by atoms with E-state index < -0.39 is 10.7 Å². The van der Waals surface area contributed by atoms with E-state index in [0.717, 1.165) is 24.2 Å². The van der Waals surface area contributed by atoms with Gasteiger partial charge in [0.2, 0.25) is 0 Å². The lowest BCUT2D eigenvalue weighted by Crippen LogP contribution is -2.50. The number of rotatable bonds is 4. The van der Waals surface area contributed by atoms with Crippen molar-refractivity contribution in [1.82, 2.24) is 0 Å². The van der Waals surface area contributed by atoms with Crippen molar-refractivity contribution >= 4 is 17.7 Å². The Bertz CT molecular complexity index is 330. The quantitative estimate of drug-likeness (QED) is 0.842. The fraction of sp³-hybridized carbons (Fsp3) is 0.933. The Hall–Kier alpha value is -0.180. The average molecular weight is 268 g/mol. The molecule has 1 atom stereocenters. The molecule has 0 amide bonds. The van der Waals surface area contributed by atoms with Crippen molar-refractivity contribution in [1.29, 1.82) is 0 Å². The summed E-state index contributed by atoms with van der Waals surface area (Å²) in [7, 11) is 0. The van der Waals surface area contributed by atoms with E-state index in [-0.39, 0.29) is 0 Å². The Labute approximate surface area is 114 Å². The van der Waals surface area contributed by atoms with Crippen LogP contribution in [-0.4, -0.2) is 22.1 Å². The van der Waals surface area contributed by atoms with Crippen molar-refractivity contribution in [3.05, 3.63) is 0 Å². The van der Waals surface area contributed by atoms with E-state index in [1.807, 2.05) is 13.2 Å². The summed E-state index contributed by atoms with van der Waals surface area (Å²) in [5.74, 6) is 2.12. The van der Waals surface area contributed by atoms with Crippen LogP contribution in [0.15, 0.2) is 0 Å². The summed E-state index contributed by atoms with van der Waals surface area (Å²) >= 11 is 1.53. The first-order valence-electron chi connectivity index (χ1n) is 7.23. The van der Waals surface area contributed by atoms with Gasteiger partial charge in [-0.3, -0.25) is 4.79 Å². The molecule has 4 rings (SSSR count). The van der Waals surface area contributed by atoms with E-state index in [1.54, 1.807) is 0 Å². The lowest BCUT2D eigenvalue weighted by molar-refractivity contribution is -0.142. The molecule has 18 heavy (non-hydrogen) atoms. The molecule has 3 heteroatoms. The van der Waals surface area contributed by atoms with Crippen LogP contribution in [0.2, 0.25) is 0 Å². The standard InChI is InChI=1S/C15H24O2S/c1-14(18-2,13(16)17)9-15-6-10-3-11(7-15)5-12(4-10)8-15/h10-12H,3-9H2,1-2H3,(H,16,17). The molecule has 102 valence electrons. The average Bonchev–Trinajstić information content (AvgIpc) is 2.25. The number of hydrogen-bond acceptors (Lipinski definition) is 2. The number of thioether (sulfide) groups is 1. The Morgan fingerprint density at radius 2 is 1.67 bits per heavy atom. The Morgan fingerprint density at radius 1 is 1.22 bits per heavy atom. The normalized spacial score (nSPS) is 44.9. The molecule has 4 aliphatic carbocycles. The molecule has 2 nitrogen and oxygen atoms in total. The van der Waals surface area contributed by atoms with E-state index >= 15 is 0 Å². The zero-order valence-corrected chi connectivity index (χ0v) is 12.3. The van der Waals surface area contributed by atoms with Gasteiger partial charge in [0.05, 0.1) is 0 Å². The highest BCUT2D eigenvalue weighted by atomic mass is 32.2. The van der Waals surface area contributed by atoms with Crippen molar-refractivity contribution in [2.24, 2.45) is 23.2 Å². The molecule has 4 saturated carbocycles. The number of carboxylic acid groups (broad SMARTS) is 1. The second kappa shape index (κ2) is 4.16. The van der Waals surface area contributed by atoms with Gasteiger partial charge in [-0.2, -0.15) is 0 Å². The maximum absolute atomic E-state index is 11.6. The van der Waals surface area contributed by atoms with Gasteiger partial charge in [-0.15, -0.1) is 11.8 Å². The van der Waals surface area contributed by atoms with Crippen LogP contribution >= 0.6 is 11.8 Å². The van der Waals surface area contributed by atoms with Crippen LogP contribution in [0.1, 0.15) is 51.9 Å². The Kier molecular flexibility index (Phi) is 2.96. The third kappa shape index (κ3) is 1.99. The Morgan fingerprint density at radius 3 is 2.00 bits per heavy atom. The topological polar surface area (TPSA) is 37.3 Å². The van der Waals surface area contributed by atoms with Gasteiger partial charge in [-0.25, -0.2) is 0 Å². The molecule has 0 radical (unpaired) electrons. The molecule has 4 fully saturated rings. The maximum atomic E-state index is 11.6. The van der Waals surface area contributed by atoms with Gasteiger partial charge in [0.1, 0.15) is 4.75 Å². The summed E-state index contributed by atoms with van der Waals surface area (Å²) in [6, 6.07) is 0. The Balaban J connectivity index is 1.81. The first-order valence-corrected chi connectivity index (χ1v) is 8.46. The highest BCUT2D eigenvalue weighted by molar-refractivity contribution is 8.00. The molecule has 0 aliphatic heterocycles. The van der Waals surface area contributed by atoms with Gasteiger partial charge in [-0.1, -0.05) is 0 Å². The van der Waals surface area contributed by atoms with Crippen molar-refractivity contribution in [3.8, 4) is 0 Å². The molecule has 0 saturated heterocycles. The molecule has 0 heterocycles. The molecule has 4 aliphatic rings. The predicted molar refractivity (Wildman–Crippen MR) is 74.8 cm³/mol. The number of carboxylic acids is 1. The summed E-state index contributed by atoms with van der Waals surface area (Å²) in [4.78, 5) is 11.6. The zero-order valence-electron chi connectivity index (χ0n) is 11.4. The summed E-state index contributed by atoms with van der Waals surface area (Å²) in [5, 5.41) is 9.51. The SMILES string of the molecule is CSC(C)(CC12CC3CC(CC(C3)C1)C2)C(=O)O. The predicted octanol–water partition coefficient (Wildman–Crippen LogP) is 3.80. The van der Waals surface area contributed by atoms with Crippen molar-refractivity contribution in [2.75, 3.05) is 6.26 Å². The van der Waals surface area contributed by atoms with E-state index in [1.165, 1.54) is 50.3 Å². The third-order valence-electron chi connectivity index (χ3n) is 5.78. The van der Waals surface area contributed by atoms with Gasteiger partial charge < -0.3 is 5.11 Å². The minimum absolute atomic E-state index is 0.366. The molecular formula is C15H24O2S. The van der Waals surface area contributed by atoms with Crippen LogP contribution in [0.3, 0.4) is 0 Å². The van der Waals surface area contributed by atoms with Crippen molar-refractivity contribution in [2.45, 2.75) is 56.6 Å². The zero-order chi connectivity index (χ0) is 13.0. The summed E-state index contributed by atoms with van der Waals surface area (Å²) in [6.07, 6.45) is 11.1. The van der Waals surface area contributed by atoms with E-state index in [0.29, 0.717) is 5.41 Å². The minimum Gasteiger partial charge on any atom is -0.480 e. The molecular weight excluding hydrogens is 244 g/mol. The number of carbonyl (C=O) groups is 1. The van der Waals surface area contributed by atoms with Crippen LogP contribution < -0.4 is 0 Å². The number of hydrogen-bond donors (Lipinski definition) is 1. The van der Waals surface area contributed by atoms with Crippen LogP contribution in [0, 0.1) is 23.2 Å². The molecule has 0 aromatic rings. The lowest BCUT2D eigenvalue weighted by Gasteiger charge is -2.58. The number of aliphatic carboxylic acids is 1. The molecule has 0 spiro atoms. The minimum atomic E-state index is -0.620. The van der Waals surface area contributed by atoms with Crippen molar-refractivity contribution in [3.63, 3.8) is 0 Å². The second-order valence-corrected chi connectivity index (χ2v) is 8.64. The summed E-state index contributed by atoms with van der Waals surface area (Å²) in [6.45, 7) is 1.93. The fourth-order valence-electron chi connectivity index (χ4n) is 5.46. The summed E-state index contributed by atoms with van der Waals surface area (Å²) in [5.41, 5.74) is 0.366. The largest absolute Gasteiger partial charge is 0.480 e. The third-order valence-corrected chi connectivity index (χ3v) is 7.00. The lowest BCUT2D eigenvalue weighted by atomic mass is 9.48. The fourth-order valence-corrected chi connectivity index (χ4v) is 6.08. The van der Waals surface area contributed by atoms with Gasteiger partial charge in [0.15, 0.2) is 0 Å². The van der Waals surface area contributed by atoms with Crippen molar-refractivity contribution < 1.29 is 9.90 Å². The first kappa shape index (κ1) is 12.8. The molecule has 1 unspecified atom stereocenters. The monoisotopic (exact) mass is 268 g/mol. The molecule has 0 aromatic carbocycles.